The second-order valence-corrected chi connectivity index (χ2v) is 6.06. The lowest BCUT2D eigenvalue weighted by Gasteiger charge is -2.28. The number of methoxy groups -OCH3 is 1. The molecule has 1 heterocycles. The van der Waals surface area contributed by atoms with Crippen LogP contribution in [0.5, 0.6) is 0 Å². The fraction of sp³-hybridized carbons (Fsp3) is 0.444. The largest absolute Gasteiger partial charge is 0.469 e. The van der Waals surface area contributed by atoms with Crippen LogP contribution in [0, 0.1) is 11.7 Å². The summed E-state index contributed by atoms with van der Waals surface area (Å²) in [4.78, 5) is 15.7. The molecule has 1 saturated carbocycles. The lowest BCUT2D eigenvalue weighted by atomic mass is 9.77. The summed E-state index contributed by atoms with van der Waals surface area (Å²) >= 11 is 0. The van der Waals surface area contributed by atoms with Gasteiger partial charge in [-0.05, 0) is 67.3 Å². The number of aromatic nitrogens is 1. The molecule has 22 heavy (non-hydrogen) atoms. The highest BCUT2D eigenvalue weighted by molar-refractivity contribution is 5.82. The van der Waals surface area contributed by atoms with Crippen molar-refractivity contribution in [3.8, 4) is 0 Å². The lowest BCUT2D eigenvalue weighted by molar-refractivity contribution is -0.142. The average Bonchev–Trinajstić information content (AvgIpc) is 2.55. The predicted octanol–water partition coefficient (Wildman–Crippen LogP) is 4.21. The molecule has 0 spiro atoms. The van der Waals surface area contributed by atoms with Crippen molar-refractivity contribution in [2.45, 2.75) is 38.0 Å². The Kier molecular flexibility index (Phi) is 4.36. The number of nitrogens with zero attached hydrogens (tertiary/aromatic N) is 1. The van der Waals surface area contributed by atoms with Gasteiger partial charge in [0.15, 0.2) is 0 Å². The summed E-state index contributed by atoms with van der Waals surface area (Å²) < 4.78 is 18.3. The Morgan fingerprint density at radius 3 is 2.77 bits per heavy atom. The molecule has 116 valence electrons. The minimum absolute atomic E-state index is 0.125. The molecule has 3 rings (SSSR count). The fourth-order valence-electron chi connectivity index (χ4n) is 3.49. The van der Waals surface area contributed by atoms with Gasteiger partial charge in [0.1, 0.15) is 5.82 Å². The number of hydrogen-bond acceptors (Lipinski definition) is 3. The Labute approximate surface area is 129 Å². The highest BCUT2D eigenvalue weighted by atomic mass is 19.1. The maximum atomic E-state index is 13.5. The number of carbonyl (C=O) groups is 1. The van der Waals surface area contributed by atoms with Gasteiger partial charge in [0.2, 0.25) is 0 Å². The number of fused-ring (bicyclic) bond motifs is 1. The maximum Gasteiger partial charge on any atom is 0.305 e. The maximum absolute atomic E-state index is 13.5. The van der Waals surface area contributed by atoms with Gasteiger partial charge in [-0.3, -0.25) is 9.78 Å². The number of hydrogen-bond donors (Lipinski definition) is 0. The molecule has 0 saturated heterocycles. The van der Waals surface area contributed by atoms with Crippen LogP contribution >= 0.6 is 0 Å². The van der Waals surface area contributed by atoms with Gasteiger partial charge >= 0.3 is 5.97 Å². The van der Waals surface area contributed by atoms with E-state index in [0.717, 1.165) is 36.6 Å². The SMILES string of the molecule is COC(=O)C[C@H]1CC[C@@H](c2ccnc3ccc(F)cc32)CC1. The van der Waals surface area contributed by atoms with Gasteiger partial charge in [0.25, 0.3) is 0 Å². The molecule has 0 bridgehead atoms. The van der Waals surface area contributed by atoms with Crippen LogP contribution in [0.4, 0.5) is 4.39 Å². The van der Waals surface area contributed by atoms with E-state index in [1.165, 1.54) is 18.7 Å². The number of carbonyl (C=O) groups excluding carboxylic acids is 1. The van der Waals surface area contributed by atoms with Crippen molar-refractivity contribution in [2.24, 2.45) is 5.92 Å². The Morgan fingerprint density at radius 1 is 1.27 bits per heavy atom. The zero-order chi connectivity index (χ0) is 15.5. The quantitative estimate of drug-likeness (QED) is 0.797. The molecule has 4 heteroatoms. The van der Waals surface area contributed by atoms with Crippen molar-refractivity contribution in [3.05, 3.63) is 41.8 Å². The molecule has 1 aromatic carbocycles. The molecular formula is C18H20FNO2. The molecule has 2 aromatic rings. The third kappa shape index (κ3) is 3.11. The molecule has 1 aromatic heterocycles. The van der Waals surface area contributed by atoms with Crippen molar-refractivity contribution in [1.82, 2.24) is 4.98 Å². The topological polar surface area (TPSA) is 39.2 Å². The minimum Gasteiger partial charge on any atom is -0.469 e. The Balaban J connectivity index is 1.76. The van der Waals surface area contributed by atoms with E-state index < -0.39 is 0 Å². The van der Waals surface area contributed by atoms with Gasteiger partial charge in [-0.25, -0.2) is 4.39 Å². The minimum atomic E-state index is -0.221. The first-order valence-electron chi connectivity index (χ1n) is 7.78. The molecule has 3 nitrogen and oxygen atoms in total. The van der Waals surface area contributed by atoms with E-state index >= 15 is 0 Å². The van der Waals surface area contributed by atoms with E-state index in [0.29, 0.717) is 18.3 Å². The first kappa shape index (κ1) is 14.9. The van der Waals surface area contributed by atoms with Gasteiger partial charge in [0.05, 0.1) is 12.6 Å². The standard InChI is InChI=1S/C18H20FNO2/c1-22-18(21)10-12-2-4-13(5-3-12)15-8-9-20-17-7-6-14(19)11-16(15)17/h6-9,11-13H,2-5,10H2,1H3/t12-,13+. The summed E-state index contributed by atoms with van der Waals surface area (Å²) in [6.07, 6.45) is 6.39. The molecule has 0 atom stereocenters. The Hall–Kier alpha value is -1.97. The molecule has 0 N–H and O–H groups in total. The molecule has 0 unspecified atom stereocenters. The lowest BCUT2D eigenvalue weighted by Crippen LogP contribution is -2.17. The summed E-state index contributed by atoms with van der Waals surface area (Å²) in [5.74, 6) is 0.482. The van der Waals surface area contributed by atoms with Crippen molar-refractivity contribution >= 4 is 16.9 Å². The van der Waals surface area contributed by atoms with E-state index in [-0.39, 0.29) is 11.8 Å². The van der Waals surface area contributed by atoms with Crippen molar-refractivity contribution in [3.63, 3.8) is 0 Å². The van der Waals surface area contributed by atoms with E-state index in [1.54, 1.807) is 18.3 Å². The van der Waals surface area contributed by atoms with Crippen LogP contribution in [0.2, 0.25) is 0 Å². The fourth-order valence-corrected chi connectivity index (χ4v) is 3.49. The average molecular weight is 301 g/mol. The monoisotopic (exact) mass is 301 g/mol. The highest BCUT2D eigenvalue weighted by Gasteiger charge is 2.25. The van der Waals surface area contributed by atoms with Gasteiger partial charge in [0, 0.05) is 18.0 Å². The molecular weight excluding hydrogens is 281 g/mol. The van der Waals surface area contributed by atoms with Crippen LogP contribution in [-0.4, -0.2) is 18.1 Å². The first-order chi connectivity index (χ1) is 10.7. The number of esters is 1. The van der Waals surface area contributed by atoms with Crippen molar-refractivity contribution < 1.29 is 13.9 Å². The second kappa shape index (κ2) is 6.42. The van der Waals surface area contributed by atoms with E-state index in [9.17, 15) is 9.18 Å². The summed E-state index contributed by atoms with van der Waals surface area (Å²) in [5, 5.41) is 0.916. The van der Waals surface area contributed by atoms with Gasteiger partial charge < -0.3 is 4.74 Å². The second-order valence-electron chi connectivity index (χ2n) is 6.06. The molecule has 0 amide bonds. The predicted molar refractivity (Wildman–Crippen MR) is 83.0 cm³/mol. The number of ether oxygens (including phenoxy) is 1. The first-order valence-corrected chi connectivity index (χ1v) is 7.78. The molecule has 1 aliphatic carbocycles. The van der Waals surface area contributed by atoms with E-state index in [4.69, 9.17) is 4.74 Å². The zero-order valence-electron chi connectivity index (χ0n) is 12.7. The summed E-state index contributed by atoms with van der Waals surface area (Å²) in [6, 6.07) is 6.77. The smallest absolute Gasteiger partial charge is 0.305 e. The summed E-state index contributed by atoms with van der Waals surface area (Å²) in [5.41, 5.74) is 2.02. The normalized spacial score (nSPS) is 21.7. The molecule has 1 aliphatic rings. The Bertz CT molecular complexity index is 678. The van der Waals surface area contributed by atoms with Crippen LogP contribution < -0.4 is 0 Å². The van der Waals surface area contributed by atoms with Crippen molar-refractivity contribution in [2.75, 3.05) is 7.11 Å². The Morgan fingerprint density at radius 2 is 2.05 bits per heavy atom. The number of halogens is 1. The molecule has 0 radical (unpaired) electrons. The van der Waals surface area contributed by atoms with Crippen molar-refractivity contribution in [1.29, 1.82) is 0 Å². The number of benzene rings is 1. The van der Waals surface area contributed by atoms with Crippen LogP contribution in [0.25, 0.3) is 10.9 Å². The zero-order valence-corrected chi connectivity index (χ0v) is 12.7. The van der Waals surface area contributed by atoms with Gasteiger partial charge in [-0.1, -0.05) is 0 Å². The molecule has 1 fully saturated rings. The van der Waals surface area contributed by atoms with Crippen LogP contribution in [0.1, 0.15) is 43.6 Å². The number of pyridine rings is 1. The van der Waals surface area contributed by atoms with E-state index in [2.05, 4.69) is 4.98 Å². The number of rotatable bonds is 3. The van der Waals surface area contributed by atoms with Gasteiger partial charge in [-0.2, -0.15) is 0 Å². The van der Waals surface area contributed by atoms with Gasteiger partial charge in [-0.15, -0.1) is 0 Å². The summed E-state index contributed by atoms with van der Waals surface area (Å²) in [6.45, 7) is 0. The van der Waals surface area contributed by atoms with E-state index in [1.807, 2.05) is 6.07 Å². The highest BCUT2D eigenvalue weighted by Crippen LogP contribution is 2.39. The van der Waals surface area contributed by atoms with Crippen LogP contribution in [0.3, 0.4) is 0 Å². The van der Waals surface area contributed by atoms with Crippen LogP contribution in [-0.2, 0) is 9.53 Å². The third-order valence-electron chi connectivity index (χ3n) is 4.71. The van der Waals surface area contributed by atoms with Crippen LogP contribution in [0.15, 0.2) is 30.5 Å². The molecule has 0 aliphatic heterocycles. The third-order valence-corrected chi connectivity index (χ3v) is 4.71. The summed E-state index contributed by atoms with van der Waals surface area (Å²) in [7, 11) is 1.44.